The number of tetrazole rings is 1. The summed E-state index contributed by atoms with van der Waals surface area (Å²) in [6.07, 6.45) is 0. The van der Waals surface area contributed by atoms with Crippen LogP contribution < -0.4 is 15.8 Å². The Balaban J connectivity index is 1.25. The molecule has 1 aromatic heterocycles. The summed E-state index contributed by atoms with van der Waals surface area (Å²) in [4.78, 5) is 17.4. The number of benzene rings is 2. The van der Waals surface area contributed by atoms with E-state index in [4.69, 9.17) is 11.6 Å². The zero-order chi connectivity index (χ0) is 21.2. The zero-order valence-electron chi connectivity index (χ0n) is 16.9. The van der Waals surface area contributed by atoms with Crippen molar-refractivity contribution < 1.29 is 4.79 Å². The Morgan fingerprint density at radius 3 is 2.48 bits per heavy atom. The van der Waals surface area contributed by atoms with Crippen molar-refractivity contribution in [1.82, 2.24) is 36.0 Å². The lowest BCUT2D eigenvalue weighted by Gasteiger charge is -2.36. The number of anilines is 1. The van der Waals surface area contributed by atoms with Crippen LogP contribution in [0.2, 0.25) is 5.02 Å². The minimum atomic E-state index is -0.164. The third-order valence-corrected chi connectivity index (χ3v) is 6.11. The quantitative estimate of drug-likeness (QED) is 0.636. The molecule has 2 fully saturated rings. The van der Waals surface area contributed by atoms with E-state index in [2.05, 4.69) is 31.3 Å². The van der Waals surface area contributed by atoms with Crippen molar-refractivity contribution in [3.8, 4) is 5.69 Å². The minimum absolute atomic E-state index is 0.0758. The summed E-state index contributed by atoms with van der Waals surface area (Å²) in [5, 5.41) is 12.9. The fourth-order valence-corrected chi connectivity index (χ4v) is 4.32. The van der Waals surface area contributed by atoms with E-state index in [0.717, 1.165) is 11.3 Å². The molecule has 2 saturated heterocycles. The van der Waals surface area contributed by atoms with Crippen LogP contribution in [0.25, 0.3) is 5.69 Å². The number of hydrogen-bond donors (Lipinski definition) is 2. The summed E-state index contributed by atoms with van der Waals surface area (Å²) in [5.74, 6) is 0.684. The number of aromatic nitrogens is 4. The molecule has 10 heteroatoms. The SMILES string of the molecule is O=C(C1CNNC1c1ccc(Cl)cc1)N1CCN(c2nnnn2-c2ccccc2)CC1. The fourth-order valence-electron chi connectivity index (χ4n) is 4.19. The van der Waals surface area contributed by atoms with E-state index in [9.17, 15) is 4.79 Å². The maximum absolute atomic E-state index is 13.3. The topological polar surface area (TPSA) is 91.2 Å². The highest BCUT2D eigenvalue weighted by molar-refractivity contribution is 6.30. The average molecular weight is 439 g/mol. The van der Waals surface area contributed by atoms with E-state index in [1.54, 1.807) is 4.68 Å². The van der Waals surface area contributed by atoms with E-state index >= 15 is 0 Å². The normalized spacial score (nSPS) is 21.5. The molecule has 2 unspecified atom stereocenters. The van der Waals surface area contributed by atoms with Gasteiger partial charge < -0.3 is 9.80 Å². The van der Waals surface area contributed by atoms with Gasteiger partial charge in [0.25, 0.3) is 0 Å². The number of nitrogens with zero attached hydrogens (tertiary/aromatic N) is 6. The molecule has 2 N–H and O–H groups in total. The van der Waals surface area contributed by atoms with E-state index in [0.29, 0.717) is 43.7 Å². The molecule has 2 aliphatic rings. The lowest BCUT2D eigenvalue weighted by Crippen LogP contribution is -2.51. The molecule has 0 spiro atoms. The first kappa shape index (κ1) is 19.9. The second kappa shape index (κ2) is 8.62. The number of carbonyl (C=O) groups excluding carboxylic acids is 1. The maximum atomic E-state index is 13.3. The first-order valence-electron chi connectivity index (χ1n) is 10.3. The number of hydrazine groups is 1. The smallest absolute Gasteiger partial charge is 0.250 e. The number of nitrogens with one attached hydrogen (secondary N) is 2. The Kier molecular flexibility index (Phi) is 5.54. The van der Waals surface area contributed by atoms with Crippen molar-refractivity contribution in [2.45, 2.75) is 6.04 Å². The molecule has 31 heavy (non-hydrogen) atoms. The highest BCUT2D eigenvalue weighted by atomic mass is 35.5. The maximum Gasteiger partial charge on any atom is 0.250 e. The first-order chi connectivity index (χ1) is 15.2. The zero-order valence-corrected chi connectivity index (χ0v) is 17.6. The lowest BCUT2D eigenvalue weighted by molar-refractivity contribution is -0.135. The third-order valence-electron chi connectivity index (χ3n) is 5.86. The molecule has 2 aromatic carbocycles. The summed E-state index contributed by atoms with van der Waals surface area (Å²) >= 11 is 6.01. The molecule has 5 rings (SSSR count). The fraction of sp³-hybridized carbons (Fsp3) is 0.333. The highest BCUT2D eigenvalue weighted by Gasteiger charge is 2.37. The van der Waals surface area contributed by atoms with Crippen LogP contribution in [0.3, 0.4) is 0 Å². The Bertz CT molecular complexity index is 1030. The van der Waals surface area contributed by atoms with E-state index < -0.39 is 0 Å². The van der Waals surface area contributed by atoms with Gasteiger partial charge in [-0.2, -0.15) is 4.68 Å². The van der Waals surface area contributed by atoms with E-state index in [1.165, 1.54) is 0 Å². The summed E-state index contributed by atoms with van der Waals surface area (Å²) in [6, 6.07) is 17.4. The van der Waals surface area contributed by atoms with Gasteiger partial charge in [0.05, 0.1) is 17.6 Å². The van der Waals surface area contributed by atoms with Crippen LogP contribution in [0.1, 0.15) is 11.6 Å². The van der Waals surface area contributed by atoms with Crippen molar-refractivity contribution in [2.24, 2.45) is 5.92 Å². The largest absolute Gasteiger partial charge is 0.339 e. The van der Waals surface area contributed by atoms with Crippen molar-refractivity contribution in [3.05, 3.63) is 65.2 Å². The number of amides is 1. The molecule has 0 aliphatic carbocycles. The lowest BCUT2D eigenvalue weighted by atomic mass is 9.93. The Hall–Kier alpha value is -3.01. The standard InChI is InChI=1S/C21H23ClN8O/c22-16-8-6-15(7-9-16)19-18(14-23-24-19)20(31)28-10-12-29(13-11-28)21-25-26-27-30(21)17-4-2-1-3-5-17/h1-9,18-19,23-24H,10-14H2. The molecule has 1 amide bonds. The Morgan fingerprint density at radius 2 is 1.74 bits per heavy atom. The van der Waals surface area contributed by atoms with E-state index in [-0.39, 0.29) is 17.9 Å². The molecule has 0 saturated carbocycles. The Morgan fingerprint density at radius 1 is 1.00 bits per heavy atom. The predicted molar refractivity (Wildman–Crippen MR) is 117 cm³/mol. The minimum Gasteiger partial charge on any atom is -0.339 e. The van der Waals surface area contributed by atoms with Gasteiger partial charge in [0.15, 0.2) is 0 Å². The number of carbonyl (C=O) groups is 1. The van der Waals surface area contributed by atoms with Crippen LogP contribution in [-0.2, 0) is 4.79 Å². The van der Waals surface area contributed by atoms with Crippen LogP contribution >= 0.6 is 11.6 Å². The molecule has 2 atom stereocenters. The predicted octanol–water partition coefficient (Wildman–Crippen LogP) is 1.43. The van der Waals surface area contributed by atoms with Crippen LogP contribution in [0.4, 0.5) is 5.95 Å². The molecule has 2 aliphatic heterocycles. The van der Waals surface area contributed by atoms with Crippen LogP contribution in [0, 0.1) is 5.92 Å². The molecule has 3 aromatic rings. The molecule has 3 heterocycles. The number of piperazine rings is 1. The van der Waals surface area contributed by atoms with Gasteiger partial charge in [0.2, 0.25) is 11.9 Å². The van der Waals surface area contributed by atoms with Gasteiger partial charge in [0.1, 0.15) is 0 Å². The third kappa shape index (κ3) is 3.99. The Labute approximate surface area is 184 Å². The summed E-state index contributed by atoms with van der Waals surface area (Å²) in [7, 11) is 0. The van der Waals surface area contributed by atoms with Crippen molar-refractivity contribution in [1.29, 1.82) is 0 Å². The van der Waals surface area contributed by atoms with Gasteiger partial charge in [-0.3, -0.25) is 10.2 Å². The molecular weight excluding hydrogens is 416 g/mol. The van der Waals surface area contributed by atoms with Crippen molar-refractivity contribution >= 4 is 23.5 Å². The molecule has 0 bridgehead atoms. The van der Waals surface area contributed by atoms with Gasteiger partial charge in [0, 0.05) is 37.7 Å². The average Bonchev–Trinajstić information content (AvgIpc) is 3.50. The summed E-state index contributed by atoms with van der Waals surface area (Å²) in [5.41, 5.74) is 8.34. The van der Waals surface area contributed by atoms with Crippen molar-refractivity contribution in [2.75, 3.05) is 37.6 Å². The first-order valence-corrected chi connectivity index (χ1v) is 10.7. The van der Waals surface area contributed by atoms with Gasteiger partial charge in [-0.25, -0.2) is 5.43 Å². The second-order valence-electron chi connectivity index (χ2n) is 7.70. The van der Waals surface area contributed by atoms with Gasteiger partial charge in [-0.05, 0) is 40.3 Å². The molecule has 9 nitrogen and oxygen atoms in total. The molecule has 0 radical (unpaired) electrons. The van der Waals surface area contributed by atoms with Gasteiger partial charge >= 0.3 is 0 Å². The van der Waals surface area contributed by atoms with Crippen molar-refractivity contribution in [3.63, 3.8) is 0 Å². The number of para-hydroxylation sites is 1. The molecule has 160 valence electrons. The number of hydrogen-bond acceptors (Lipinski definition) is 7. The van der Waals surface area contributed by atoms with Gasteiger partial charge in [-0.1, -0.05) is 47.0 Å². The van der Waals surface area contributed by atoms with Crippen LogP contribution in [0.15, 0.2) is 54.6 Å². The highest BCUT2D eigenvalue weighted by Crippen LogP contribution is 2.28. The molecular formula is C21H23ClN8O. The van der Waals surface area contributed by atoms with E-state index in [1.807, 2.05) is 59.5 Å². The van der Waals surface area contributed by atoms with Crippen LogP contribution in [-0.4, -0.2) is 63.7 Å². The van der Waals surface area contributed by atoms with Gasteiger partial charge in [-0.15, -0.1) is 0 Å². The second-order valence-corrected chi connectivity index (χ2v) is 8.14. The van der Waals surface area contributed by atoms with Crippen LogP contribution in [0.5, 0.6) is 0 Å². The summed E-state index contributed by atoms with van der Waals surface area (Å²) < 4.78 is 1.73. The summed E-state index contributed by atoms with van der Waals surface area (Å²) in [6.45, 7) is 3.21. The monoisotopic (exact) mass is 438 g/mol. The number of halogens is 1. The number of rotatable bonds is 4.